The van der Waals surface area contributed by atoms with Crippen LogP contribution in [-0.4, -0.2) is 45.3 Å². The Balaban J connectivity index is 1.36. The molecule has 5 rings (SSSR count). The monoisotopic (exact) mass is 459 g/mol. The van der Waals surface area contributed by atoms with Crippen LogP contribution in [0.3, 0.4) is 0 Å². The molecule has 3 atom stereocenters. The second-order valence-electron chi connectivity index (χ2n) is 7.85. The van der Waals surface area contributed by atoms with Crippen LogP contribution in [0.1, 0.15) is 33.4 Å². The molecule has 3 heterocycles. The van der Waals surface area contributed by atoms with E-state index in [0.717, 1.165) is 5.39 Å². The number of H-pyrrole nitrogens is 1. The van der Waals surface area contributed by atoms with Gasteiger partial charge in [0, 0.05) is 24.2 Å². The fourth-order valence-electron chi connectivity index (χ4n) is 3.88. The van der Waals surface area contributed by atoms with Crippen molar-refractivity contribution in [3.8, 4) is 0 Å². The number of rotatable bonds is 6. The number of nitrogens with one attached hydrogen (secondary N) is 1. The topological polar surface area (TPSA) is 113 Å². The quantitative estimate of drug-likeness (QED) is 0.441. The molecule has 1 fully saturated rings. The maximum Gasteiger partial charge on any atom is 0.351 e. The fourth-order valence-corrected chi connectivity index (χ4v) is 3.88. The van der Waals surface area contributed by atoms with Gasteiger partial charge in [-0.2, -0.15) is 4.98 Å². The number of hydrogen-bond acceptors (Lipinski definition) is 7. The molecule has 0 saturated carbocycles. The highest BCUT2D eigenvalue weighted by molar-refractivity contribution is 5.90. The van der Waals surface area contributed by atoms with E-state index >= 15 is 0 Å². The third kappa shape index (κ3) is 4.46. The Labute approximate surface area is 193 Å². The highest BCUT2D eigenvalue weighted by Crippen LogP contribution is 2.31. The molecule has 9 heteroatoms. The van der Waals surface area contributed by atoms with Gasteiger partial charge in [-0.25, -0.2) is 14.4 Å². The second-order valence-corrected chi connectivity index (χ2v) is 7.85. The van der Waals surface area contributed by atoms with Gasteiger partial charge in [-0.1, -0.05) is 36.4 Å². The molecule has 34 heavy (non-hydrogen) atoms. The zero-order chi connectivity index (χ0) is 23.5. The molecule has 0 radical (unpaired) electrons. The van der Waals surface area contributed by atoms with Gasteiger partial charge in [-0.3, -0.25) is 4.57 Å². The standard InChI is InChI=1S/C25H21N3O6/c29-23(16-7-3-1-4-8-16)32-15-20-19(34-24(30)17-9-5-2-6-10-17)13-21(33-20)28-14-18-11-12-26-22(18)27-25(28)31/h1-12,14,19-21H,13,15H2,(H,26,27,31). The molecule has 9 nitrogen and oxygen atoms in total. The third-order valence-corrected chi connectivity index (χ3v) is 5.61. The van der Waals surface area contributed by atoms with E-state index in [1.165, 1.54) is 4.57 Å². The van der Waals surface area contributed by atoms with E-state index in [1.54, 1.807) is 79.1 Å². The van der Waals surface area contributed by atoms with E-state index in [2.05, 4.69) is 9.97 Å². The van der Waals surface area contributed by atoms with Crippen molar-refractivity contribution in [3.63, 3.8) is 0 Å². The smallest absolute Gasteiger partial charge is 0.351 e. The molecular formula is C25H21N3O6. The van der Waals surface area contributed by atoms with Gasteiger partial charge in [0.25, 0.3) is 0 Å². The van der Waals surface area contributed by atoms with E-state index in [-0.39, 0.29) is 13.0 Å². The maximum absolute atomic E-state index is 12.7. The van der Waals surface area contributed by atoms with Gasteiger partial charge in [0.05, 0.1) is 11.1 Å². The van der Waals surface area contributed by atoms with Crippen LogP contribution < -0.4 is 5.69 Å². The summed E-state index contributed by atoms with van der Waals surface area (Å²) in [6.45, 7) is -0.147. The minimum absolute atomic E-state index is 0.147. The van der Waals surface area contributed by atoms with Crippen LogP contribution in [0.25, 0.3) is 11.0 Å². The summed E-state index contributed by atoms with van der Waals surface area (Å²) in [6, 6.07) is 18.9. The zero-order valence-corrected chi connectivity index (χ0v) is 18.0. The van der Waals surface area contributed by atoms with Crippen molar-refractivity contribution < 1.29 is 23.8 Å². The van der Waals surface area contributed by atoms with Crippen LogP contribution in [-0.2, 0) is 14.2 Å². The molecule has 1 aliphatic rings. The highest BCUT2D eigenvalue weighted by Gasteiger charge is 2.40. The lowest BCUT2D eigenvalue weighted by molar-refractivity contribution is -0.0581. The number of aromatic amines is 1. The number of carbonyl (C=O) groups is 2. The minimum atomic E-state index is -0.765. The SMILES string of the molecule is O=C(OCC1OC(n2cc3cc[nH]c3nc2=O)CC1OC(=O)c1ccccc1)c1ccccc1. The average Bonchev–Trinajstić information content (AvgIpc) is 3.49. The van der Waals surface area contributed by atoms with Crippen molar-refractivity contribution in [2.75, 3.05) is 6.61 Å². The van der Waals surface area contributed by atoms with Crippen LogP contribution in [0.2, 0.25) is 0 Å². The van der Waals surface area contributed by atoms with Gasteiger partial charge in [-0.05, 0) is 30.3 Å². The molecule has 1 aliphatic heterocycles. The van der Waals surface area contributed by atoms with E-state index in [4.69, 9.17) is 14.2 Å². The molecule has 0 spiro atoms. The molecule has 1 saturated heterocycles. The van der Waals surface area contributed by atoms with Gasteiger partial charge in [-0.15, -0.1) is 0 Å². The van der Waals surface area contributed by atoms with Gasteiger partial charge in [0.1, 0.15) is 30.7 Å². The van der Waals surface area contributed by atoms with Crippen molar-refractivity contribution in [2.24, 2.45) is 0 Å². The van der Waals surface area contributed by atoms with Crippen LogP contribution in [0.5, 0.6) is 0 Å². The normalized spacial score (nSPS) is 19.7. The van der Waals surface area contributed by atoms with Crippen LogP contribution in [0, 0.1) is 0 Å². The predicted molar refractivity (Wildman–Crippen MR) is 121 cm³/mol. The number of esters is 2. The van der Waals surface area contributed by atoms with Crippen molar-refractivity contribution in [2.45, 2.75) is 24.9 Å². The molecule has 0 bridgehead atoms. The number of hydrogen-bond donors (Lipinski definition) is 1. The Kier molecular flexibility index (Phi) is 5.92. The molecule has 2 aromatic heterocycles. The van der Waals surface area contributed by atoms with E-state index < -0.39 is 36.1 Å². The minimum Gasteiger partial charge on any atom is -0.459 e. The molecule has 172 valence electrons. The molecule has 0 aliphatic carbocycles. The zero-order valence-electron chi connectivity index (χ0n) is 18.0. The summed E-state index contributed by atoms with van der Waals surface area (Å²) >= 11 is 0. The number of aromatic nitrogens is 3. The number of carbonyl (C=O) groups excluding carboxylic acids is 2. The summed E-state index contributed by atoms with van der Waals surface area (Å²) < 4.78 is 18.6. The number of nitrogens with zero attached hydrogens (tertiary/aromatic N) is 2. The van der Waals surface area contributed by atoms with Crippen molar-refractivity contribution in [3.05, 3.63) is 101 Å². The lowest BCUT2D eigenvalue weighted by Gasteiger charge is -2.19. The lowest BCUT2D eigenvalue weighted by Crippen LogP contribution is -2.32. The number of benzene rings is 2. The Morgan fingerprint density at radius 3 is 2.38 bits per heavy atom. The Morgan fingerprint density at radius 2 is 1.68 bits per heavy atom. The molecule has 1 N–H and O–H groups in total. The Bertz CT molecular complexity index is 1370. The summed E-state index contributed by atoms with van der Waals surface area (Å²) in [5.74, 6) is -1.05. The van der Waals surface area contributed by atoms with Crippen LogP contribution in [0.15, 0.2) is 83.9 Å². The summed E-state index contributed by atoms with van der Waals surface area (Å²) in [7, 11) is 0. The highest BCUT2D eigenvalue weighted by atomic mass is 16.6. The van der Waals surface area contributed by atoms with Gasteiger partial charge in [0.2, 0.25) is 0 Å². The van der Waals surface area contributed by atoms with E-state index in [9.17, 15) is 14.4 Å². The second kappa shape index (κ2) is 9.32. The van der Waals surface area contributed by atoms with Crippen molar-refractivity contribution in [1.82, 2.24) is 14.5 Å². The Morgan fingerprint density at radius 1 is 1.00 bits per heavy atom. The molecule has 0 amide bonds. The summed E-state index contributed by atoms with van der Waals surface area (Å²) in [4.78, 5) is 44.6. The van der Waals surface area contributed by atoms with Gasteiger partial charge in [0.15, 0.2) is 0 Å². The van der Waals surface area contributed by atoms with Gasteiger partial charge >= 0.3 is 17.6 Å². The Hall–Kier alpha value is -4.24. The first-order valence-corrected chi connectivity index (χ1v) is 10.8. The molecular weight excluding hydrogens is 438 g/mol. The number of fused-ring (bicyclic) bond motifs is 1. The first-order chi connectivity index (χ1) is 16.6. The van der Waals surface area contributed by atoms with Crippen LogP contribution >= 0.6 is 0 Å². The molecule has 4 aromatic rings. The van der Waals surface area contributed by atoms with E-state index in [0.29, 0.717) is 16.8 Å². The first kappa shape index (κ1) is 21.6. The third-order valence-electron chi connectivity index (χ3n) is 5.61. The molecule has 2 aromatic carbocycles. The van der Waals surface area contributed by atoms with Crippen molar-refractivity contribution in [1.29, 1.82) is 0 Å². The van der Waals surface area contributed by atoms with Gasteiger partial charge < -0.3 is 19.2 Å². The largest absolute Gasteiger partial charge is 0.459 e. The molecule has 3 unspecified atom stereocenters. The summed E-state index contributed by atoms with van der Waals surface area (Å²) in [5.41, 5.74) is 0.751. The number of ether oxygens (including phenoxy) is 3. The predicted octanol–water partition coefficient (Wildman–Crippen LogP) is 3.09. The lowest BCUT2D eigenvalue weighted by atomic mass is 10.1. The average molecular weight is 459 g/mol. The summed E-state index contributed by atoms with van der Waals surface area (Å²) in [5, 5.41) is 0.736. The first-order valence-electron chi connectivity index (χ1n) is 10.8. The van der Waals surface area contributed by atoms with Crippen LogP contribution in [0.4, 0.5) is 0 Å². The summed E-state index contributed by atoms with van der Waals surface area (Å²) in [6.07, 6.45) is 1.28. The maximum atomic E-state index is 12.7. The fraction of sp³-hybridized carbons (Fsp3) is 0.200. The van der Waals surface area contributed by atoms with E-state index in [1.807, 2.05) is 0 Å². The van der Waals surface area contributed by atoms with Crippen molar-refractivity contribution >= 4 is 23.0 Å².